The average molecular weight is 553 g/mol. The van der Waals surface area contributed by atoms with Crippen LogP contribution in [0.25, 0.3) is 0 Å². The minimum Gasteiger partial charge on any atom is -0.492 e. The quantitative estimate of drug-likeness (QED) is 0.318. The number of nitrogens with two attached hydrogens (primary N) is 1. The number of amides is 2. The molecule has 0 radical (unpaired) electrons. The van der Waals surface area contributed by atoms with E-state index in [2.05, 4.69) is 10.3 Å². The number of carboxylic acids is 1. The van der Waals surface area contributed by atoms with Crippen LogP contribution >= 0.6 is 11.6 Å². The molecule has 0 aliphatic rings. The molecule has 3 rings (SSSR count). The molecule has 0 saturated heterocycles. The smallest absolute Gasteiger partial charge is 0.490 e. The number of ether oxygens (including phenoxy) is 1. The number of carbonyl (C=O) groups excluding carboxylic acids is 2. The number of alkyl halides is 3. The molecule has 9 nitrogen and oxygen atoms in total. The summed E-state index contributed by atoms with van der Waals surface area (Å²) in [5, 5.41) is 10.7. The second-order valence-electron chi connectivity index (χ2n) is 7.50. The maximum absolute atomic E-state index is 13.2. The van der Waals surface area contributed by atoms with Gasteiger partial charge in [0.05, 0.1) is 0 Å². The Morgan fingerprint density at radius 1 is 1.05 bits per heavy atom. The van der Waals surface area contributed by atoms with Gasteiger partial charge in [0.15, 0.2) is 0 Å². The number of benzene rings is 2. The molecule has 13 heteroatoms. The molecule has 0 aliphatic carbocycles. The number of nitrogens with one attached hydrogen (secondary N) is 1. The number of anilines is 2. The average Bonchev–Trinajstić information content (AvgIpc) is 2.87. The van der Waals surface area contributed by atoms with E-state index < -0.39 is 18.1 Å². The Hall–Kier alpha value is -4.32. The molecule has 2 aromatic carbocycles. The van der Waals surface area contributed by atoms with Crippen molar-refractivity contribution in [3.8, 4) is 5.75 Å². The van der Waals surface area contributed by atoms with Crippen molar-refractivity contribution in [3.05, 3.63) is 83.6 Å². The molecule has 0 fully saturated rings. The van der Waals surface area contributed by atoms with Crippen molar-refractivity contribution in [1.29, 1.82) is 0 Å². The van der Waals surface area contributed by atoms with Crippen LogP contribution in [0, 0.1) is 0 Å². The minimum absolute atomic E-state index is 0.0469. The highest BCUT2D eigenvalue weighted by atomic mass is 35.5. The molecule has 3 aromatic rings. The van der Waals surface area contributed by atoms with Gasteiger partial charge in [0.1, 0.15) is 12.4 Å². The molecule has 2 amide bonds. The number of carbonyl (C=O) groups is 3. The number of aromatic nitrogens is 1. The summed E-state index contributed by atoms with van der Waals surface area (Å²) in [6, 6.07) is 17.7. The van der Waals surface area contributed by atoms with Gasteiger partial charge < -0.3 is 25.8 Å². The van der Waals surface area contributed by atoms with E-state index >= 15 is 0 Å². The molecular formula is C25H24ClF3N4O5. The van der Waals surface area contributed by atoms with Crippen molar-refractivity contribution < 1.29 is 37.4 Å². The van der Waals surface area contributed by atoms with Gasteiger partial charge in [-0.15, -0.1) is 0 Å². The SMILES string of the molecule is NC(=O)CCN(C(=O)c1cc(Cl)cc(OCCNc2ccncc2)c1)c1ccccc1.O=C(O)C(F)(F)F. The highest BCUT2D eigenvalue weighted by Gasteiger charge is 2.38. The number of hydrogen-bond donors (Lipinski definition) is 3. The number of primary amides is 1. The Bertz CT molecular complexity index is 1210. The fourth-order valence-corrected chi connectivity index (χ4v) is 3.16. The lowest BCUT2D eigenvalue weighted by Gasteiger charge is -2.23. The summed E-state index contributed by atoms with van der Waals surface area (Å²) in [5.74, 6) is -3.05. The minimum atomic E-state index is -5.08. The summed E-state index contributed by atoms with van der Waals surface area (Å²) in [5.41, 5.74) is 7.25. The molecule has 1 heterocycles. The molecule has 38 heavy (non-hydrogen) atoms. The van der Waals surface area contributed by atoms with Crippen LogP contribution in [0.5, 0.6) is 5.75 Å². The molecule has 0 saturated carbocycles. The van der Waals surface area contributed by atoms with E-state index in [9.17, 15) is 22.8 Å². The summed E-state index contributed by atoms with van der Waals surface area (Å²) in [6.45, 7) is 1.10. The third kappa shape index (κ3) is 10.3. The van der Waals surface area contributed by atoms with Crippen molar-refractivity contribution in [2.45, 2.75) is 12.6 Å². The summed E-state index contributed by atoms with van der Waals surface area (Å²) in [6.07, 6.45) is -1.63. The zero-order chi connectivity index (χ0) is 28.1. The number of nitrogens with zero attached hydrogens (tertiary/aromatic N) is 2. The third-order valence-electron chi connectivity index (χ3n) is 4.64. The fraction of sp³-hybridized carbons (Fsp3) is 0.200. The second-order valence-corrected chi connectivity index (χ2v) is 7.93. The van der Waals surface area contributed by atoms with Crippen molar-refractivity contribution in [3.63, 3.8) is 0 Å². The maximum Gasteiger partial charge on any atom is 0.490 e. The van der Waals surface area contributed by atoms with Crippen molar-refractivity contribution in [2.75, 3.05) is 29.9 Å². The standard InChI is InChI=1S/C23H23ClN4O3.C2HF3O2/c24-18-14-17(15-21(16-18)31-13-11-27-19-6-9-26-10-7-19)23(30)28(12-8-22(25)29)20-4-2-1-3-5-20;3-2(4,5)1(6)7/h1-7,9-10,14-16H,8,11-13H2,(H2,25,29)(H,26,27);(H,6,7). The zero-order valence-electron chi connectivity index (χ0n) is 19.8. The Kier molecular flexibility index (Phi) is 11.4. The lowest BCUT2D eigenvalue weighted by Crippen LogP contribution is -2.34. The lowest BCUT2D eigenvalue weighted by molar-refractivity contribution is -0.192. The predicted octanol–water partition coefficient (Wildman–Crippen LogP) is 4.38. The Morgan fingerprint density at radius 2 is 1.68 bits per heavy atom. The van der Waals surface area contributed by atoms with Crippen molar-refractivity contribution >= 4 is 40.8 Å². The number of halogens is 4. The Labute approximate surface area is 221 Å². The van der Waals surface area contributed by atoms with Gasteiger partial charge in [0.25, 0.3) is 5.91 Å². The zero-order valence-corrected chi connectivity index (χ0v) is 20.6. The van der Waals surface area contributed by atoms with Crippen molar-refractivity contribution in [1.82, 2.24) is 4.98 Å². The van der Waals surface area contributed by atoms with E-state index in [0.29, 0.717) is 35.2 Å². The fourth-order valence-electron chi connectivity index (χ4n) is 2.94. The summed E-state index contributed by atoms with van der Waals surface area (Å²) in [7, 11) is 0. The molecule has 4 N–H and O–H groups in total. The first-order chi connectivity index (χ1) is 18.0. The van der Waals surface area contributed by atoms with Crippen molar-refractivity contribution in [2.24, 2.45) is 5.73 Å². The van der Waals surface area contributed by atoms with Crippen LogP contribution in [0.15, 0.2) is 73.1 Å². The Balaban J connectivity index is 0.000000638. The van der Waals surface area contributed by atoms with Crippen LogP contribution in [0.3, 0.4) is 0 Å². The van der Waals surface area contributed by atoms with E-state index in [0.717, 1.165) is 5.69 Å². The first-order valence-corrected chi connectivity index (χ1v) is 11.4. The van der Waals surface area contributed by atoms with Gasteiger partial charge >= 0.3 is 12.1 Å². The van der Waals surface area contributed by atoms with E-state index in [1.807, 2.05) is 30.3 Å². The monoisotopic (exact) mass is 552 g/mol. The topological polar surface area (TPSA) is 135 Å². The van der Waals surface area contributed by atoms with Gasteiger partial charge in [0.2, 0.25) is 5.91 Å². The summed E-state index contributed by atoms with van der Waals surface area (Å²) in [4.78, 5) is 38.9. The molecule has 0 bridgehead atoms. The van der Waals surface area contributed by atoms with Crippen LogP contribution in [-0.2, 0) is 9.59 Å². The summed E-state index contributed by atoms with van der Waals surface area (Å²) >= 11 is 6.23. The van der Waals surface area contributed by atoms with Crippen LogP contribution in [0.4, 0.5) is 24.5 Å². The van der Waals surface area contributed by atoms with Gasteiger partial charge in [-0.1, -0.05) is 29.8 Å². The van der Waals surface area contributed by atoms with Gasteiger partial charge in [-0.05, 0) is 42.5 Å². The normalized spacial score (nSPS) is 10.5. The van der Waals surface area contributed by atoms with E-state index in [4.69, 9.17) is 32.0 Å². The van der Waals surface area contributed by atoms with Crippen LogP contribution in [0.2, 0.25) is 5.02 Å². The number of pyridine rings is 1. The summed E-state index contributed by atoms with van der Waals surface area (Å²) < 4.78 is 37.5. The van der Waals surface area contributed by atoms with Gasteiger partial charge in [0, 0.05) is 53.9 Å². The molecule has 0 aliphatic heterocycles. The molecule has 0 spiro atoms. The number of aliphatic carboxylic acids is 1. The van der Waals surface area contributed by atoms with E-state index in [1.54, 1.807) is 42.7 Å². The van der Waals surface area contributed by atoms with E-state index in [1.165, 1.54) is 4.90 Å². The lowest BCUT2D eigenvalue weighted by atomic mass is 10.1. The number of para-hydroxylation sites is 1. The second kappa shape index (κ2) is 14.4. The predicted molar refractivity (Wildman–Crippen MR) is 135 cm³/mol. The molecule has 1 aromatic heterocycles. The maximum atomic E-state index is 13.2. The third-order valence-corrected chi connectivity index (χ3v) is 4.85. The largest absolute Gasteiger partial charge is 0.492 e. The Morgan fingerprint density at radius 3 is 2.26 bits per heavy atom. The first kappa shape index (κ1) is 29.9. The van der Waals surface area contributed by atoms with Gasteiger partial charge in [-0.2, -0.15) is 13.2 Å². The van der Waals surface area contributed by atoms with Crippen LogP contribution in [0.1, 0.15) is 16.8 Å². The highest BCUT2D eigenvalue weighted by Crippen LogP contribution is 2.24. The number of rotatable bonds is 10. The first-order valence-electron chi connectivity index (χ1n) is 11.0. The van der Waals surface area contributed by atoms with E-state index in [-0.39, 0.29) is 18.9 Å². The van der Waals surface area contributed by atoms with Crippen LogP contribution < -0.4 is 20.7 Å². The molecule has 0 atom stereocenters. The molecule has 0 unspecified atom stereocenters. The molecular weight excluding hydrogens is 529 g/mol. The molecule has 202 valence electrons. The van der Waals surface area contributed by atoms with Gasteiger partial charge in [-0.25, -0.2) is 4.79 Å². The highest BCUT2D eigenvalue weighted by molar-refractivity contribution is 6.31. The van der Waals surface area contributed by atoms with Crippen LogP contribution in [-0.4, -0.2) is 53.7 Å². The number of hydrogen-bond acceptors (Lipinski definition) is 6. The van der Waals surface area contributed by atoms with Gasteiger partial charge in [-0.3, -0.25) is 14.6 Å². The number of carboxylic acid groups (broad SMARTS) is 1.